The minimum atomic E-state index is -0.102. The summed E-state index contributed by atoms with van der Waals surface area (Å²) in [6.07, 6.45) is 4.36. The molecule has 0 saturated carbocycles. The van der Waals surface area contributed by atoms with E-state index in [0.29, 0.717) is 16.9 Å². The topological polar surface area (TPSA) is 61.9 Å². The highest BCUT2D eigenvalue weighted by molar-refractivity contribution is 7.17. The monoisotopic (exact) mass is 412 g/mol. The van der Waals surface area contributed by atoms with Crippen molar-refractivity contribution in [1.29, 1.82) is 0 Å². The van der Waals surface area contributed by atoms with Gasteiger partial charge in [0.2, 0.25) is 0 Å². The van der Waals surface area contributed by atoms with Gasteiger partial charge in [0.05, 0.1) is 10.9 Å². The Balaban J connectivity index is 0.00000192. The molecule has 1 aliphatic heterocycles. The Kier molecular flexibility index (Phi) is 5.19. The van der Waals surface area contributed by atoms with E-state index in [0.717, 1.165) is 40.8 Å². The van der Waals surface area contributed by atoms with Crippen molar-refractivity contribution in [2.75, 3.05) is 13.1 Å². The first-order valence-corrected chi connectivity index (χ1v) is 10.1. The van der Waals surface area contributed by atoms with Gasteiger partial charge in [-0.05, 0) is 67.6 Å². The Hall–Kier alpha value is -2.28. The highest BCUT2D eigenvalue weighted by atomic mass is 35.5. The minimum Gasteiger partial charge on any atom is -0.305 e. The van der Waals surface area contributed by atoms with Crippen molar-refractivity contribution >= 4 is 44.7 Å². The number of benzene rings is 1. The summed E-state index contributed by atoms with van der Waals surface area (Å²) < 4.78 is 1.14. The van der Waals surface area contributed by atoms with Crippen LogP contribution in [0.3, 0.4) is 0 Å². The van der Waals surface area contributed by atoms with Crippen molar-refractivity contribution in [1.82, 2.24) is 19.9 Å². The lowest BCUT2D eigenvalue weighted by Crippen LogP contribution is -2.19. The largest absolute Gasteiger partial charge is 0.305 e. The summed E-state index contributed by atoms with van der Waals surface area (Å²) in [5, 5.41) is 3.80. The van der Waals surface area contributed by atoms with E-state index in [1.807, 2.05) is 36.7 Å². The van der Waals surface area contributed by atoms with Crippen LogP contribution in [0.15, 0.2) is 40.6 Å². The van der Waals surface area contributed by atoms with Gasteiger partial charge in [-0.1, -0.05) is 6.07 Å². The number of H-pyrrole nitrogens is 1. The van der Waals surface area contributed by atoms with Crippen molar-refractivity contribution in [2.45, 2.75) is 26.3 Å². The summed E-state index contributed by atoms with van der Waals surface area (Å²) in [6, 6.07) is 8.18. The van der Waals surface area contributed by atoms with Gasteiger partial charge in [0.1, 0.15) is 5.69 Å². The molecule has 0 atom stereocenters. The average Bonchev–Trinajstić information content (AvgIpc) is 3.33. The molecule has 144 valence electrons. The number of aromatic nitrogens is 3. The smallest absolute Gasteiger partial charge is 0.259 e. The molecule has 3 aromatic heterocycles. The predicted molar refractivity (Wildman–Crippen MR) is 117 cm³/mol. The third kappa shape index (κ3) is 3.43. The first-order valence-electron chi connectivity index (χ1n) is 9.27. The summed E-state index contributed by atoms with van der Waals surface area (Å²) in [4.78, 5) is 27.4. The number of nitrogens with zero attached hydrogens (tertiary/aromatic N) is 3. The second kappa shape index (κ2) is 7.62. The molecule has 5 rings (SSSR count). The number of aromatic amines is 1. The fourth-order valence-electron chi connectivity index (χ4n) is 3.89. The van der Waals surface area contributed by atoms with Gasteiger partial charge in [0.25, 0.3) is 5.56 Å². The van der Waals surface area contributed by atoms with Crippen LogP contribution in [-0.2, 0) is 6.54 Å². The average molecular weight is 413 g/mol. The van der Waals surface area contributed by atoms with Crippen LogP contribution in [0.2, 0.25) is 0 Å². The van der Waals surface area contributed by atoms with Crippen LogP contribution in [0, 0.1) is 6.92 Å². The molecule has 1 fully saturated rings. The van der Waals surface area contributed by atoms with Gasteiger partial charge in [-0.15, -0.1) is 23.7 Å². The summed E-state index contributed by atoms with van der Waals surface area (Å²) >= 11 is 1.66. The molecule has 4 aromatic rings. The van der Waals surface area contributed by atoms with Crippen LogP contribution in [0.5, 0.6) is 0 Å². The number of nitrogens with one attached hydrogen (secondary N) is 1. The molecule has 0 aliphatic carbocycles. The molecule has 0 amide bonds. The van der Waals surface area contributed by atoms with Crippen LogP contribution < -0.4 is 5.56 Å². The standard InChI is InChI=1S/C21H20N4OS.ClH/c1-13-8-14(12-25-5-2-3-6-25)9-16-19(13)23-20(24-21(16)26)17-10-18-15(11-22-17)4-7-27-18;/h4,7-11H,2-3,5-6,12H2,1H3,(H,23,24,26);1H. The maximum absolute atomic E-state index is 12.8. The van der Waals surface area contributed by atoms with Gasteiger partial charge in [0.15, 0.2) is 5.82 Å². The second-order valence-corrected chi connectivity index (χ2v) is 8.18. The van der Waals surface area contributed by atoms with Crippen molar-refractivity contribution in [2.24, 2.45) is 0 Å². The fraction of sp³-hybridized carbons (Fsp3) is 0.286. The molecule has 5 nitrogen and oxygen atoms in total. The molecule has 1 aromatic carbocycles. The Morgan fingerprint density at radius 3 is 2.86 bits per heavy atom. The highest BCUT2D eigenvalue weighted by Crippen LogP contribution is 2.25. The molecular weight excluding hydrogens is 392 g/mol. The van der Waals surface area contributed by atoms with Gasteiger partial charge >= 0.3 is 0 Å². The van der Waals surface area contributed by atoms with Gasteiger partial charge < -0.3 is 4.98 Å². The number of halogens is 1. The lowest BCUT2D eigenvalue weighted by Gasteiger charge is -2.15. The molecule has 1 N–H and O–H groups in total. The molecule has 1 saturated heterocycles. The van der Waals surface area contributed by atoms with Gasteiger partial charge in [-0.25, -0.2) is 4.98 Å². The maximum Gasteiger partial charge on any atom is 0.259 e. The van der Waals surface area contributed by atoms with Crippen molar-refractivity contribution < 1.29 is 0 Å². The fourth-order valence-corrected chi connectivity index (χ4v) is 4.68. The number of rotatable bonds is 3. The first kappa shape index (κ1) is 19.1. The zero-order chi connectivity index (χ0) is 18.4. The molecule has 28 heavy (non-hydrogen) atoms. The van der Waals surface area contributed by atoms with E-state index in [9.17, 15) is 4.79 Å². The van der Waals surface area contributed by atoms with E-state index in [1.165, 1.54) is 18.4 Å². The summed E-state index contributed by atoms with van der Waals surface area (Å²) in [7, 11) is 0. The number of likely N-dealkylation sites (tertiary alicyclic amines) is 1. The first-order chi connectivity index (χ1) is 13.2. The zero-order valence-corrected chi connectivity index (χ0v) is 17.2. The second-order valence-electron chi connectivity index (χ2n) is 7.23. The van der Waals surface area contributed by atoms with E-state index in [2.05, 4.69) is 20.9 Å². The molecule has 7 heteroatoms. The van der Waals surface area contributed by atoms with Gasteiger partial charge in [-0.3, -0.25) is 14.7 Å². The van der Waals surface area contributed by atoms with E-state index in [4.69, 9.17) is 4.98 Å². The van der Waals surface area contributed by atoms with E-state index in [1.54, 1.807) is 11.3 Å². The third-order valence-corrected chi connectivity index (χ3v) is 6.13. The number of hydrogen-bond acceptors (Lipinski definition) is 5. The number of thiophene rings is 1. The minimum absolute atomic E-state index is 0. The van der Waals surface area contributed by atoms with Gasteiger partial charge in [0, 0.05) is 22.8 Å². The maximum atomic E-state index is 12.8. The molecule has 1 aliphatic rings. The highest BCUT2D eigenvalue weighted by Gasteiger charge is 2.15. The van der Waals surface area contributed by atoms with Crippen LogP contribution in [-0.4, -0.2) is 32.9 Å². The molecule has 0 radical (unpaired) electrons. The lowest BCUT2D eigenvalue weighted by atomic mass is 10.1. The Morgan fingerprint density at radius 1 is 1.21 bits per heavy atom. The van der Waals surface area contributed by atoms with E-state index >= 15 is 0 Å². The number of hydrogen-bond donors (Lipinski definition) is 1. The predicted octanol–water partition coefficient (Wildman–Crippen LogP) is 4.53. The quantitative estimate of drug-likeness (QED) is 0.537. The number of pyridine rings is 1. The molecule has 0 bridgehead atoms. The summed E-state index contributed by atoms with van der Waals surface area (Å²) in [6.45, 7) is 5.21. The summed E-state index contributed by atoms with van der Waals surface area (Å²) in [5.74, 6) is 0.526. The van der Waals surface area contributed by atoms with Crippen molar-refractivity contribution in [3.63, 3.8) is 0 Å². The lowest BCUT2D eigenvalue weighted by molar-refractivity contribution is 0.331. The Labute approximate surface area is 172 Å². The van der Waals surface area contributed by atoms with Crippen LogP contribution >= 0.6 is 23.7 Å². The molecule has 0 spiro atoms. The number of aryl methyl sites for hydroxylation is 1. The zero-order valence-electron chi connectivity index (χ0n) is 15.6. The summed E-state index contributed by atoms with van der Waals surface area (Å²) in [5.41, 5.74) is 3.57. The van der Waals surface area contributed by atoms with Crippen LogP contribution in [0.4, 0.5) is 0 Å². The number of fused-ring (bicyclic) bond motifs is 2. The van der Waals surface area contributed by atoms with Crippen LogP contribution in [0.1, 0.15) is 24.0 Å². The van der Waals surface area contributed by atoms with Gasteiger partial charge in [-0.2, -0.15) is 0 Å². The van der Waals surface area contributed by atoms with Crippen molar-refractivity contribution in [3.05, 3.63) is 57.3 Å². The SMILES string of the molecule is Cc1cc(CN2CCCC2)cc2c(=O)[nH]c(-c3cc4sccc4cn3)nc12.Cl. The normalized spacial score (nSPS) is 14.6. The molecular formula is C21H21ClN4OS. The molecule has 0 unspecified atom stereocenters. The van der Waals surface area contributed by atoms with E-state index < -0.39 is 0 Å². The van der Waals surface area contributed by atoms with E-state index in [-0.39, 0.29) is 18.0 Å². The van der Waals surface area contributed by atoms with Crippen LogP contribution in [0.25, 0.3) is 32.5 Å². The molecule has 4 heterocycles. The Bertz CT molecular complexity index is 1210. The van der Waals surface area contributed by atoms with Crippen molar-refractivity contribution in [3.8, 4) is 11.5 Å². The Morgan fingerprint density at radius 2 is 2.04 bits per heavy atom. The third-order valence-electron chi connectivity index (χ3n) is 5.25.